The third kappa shape index (κ3) is 6.40. The summed E-state index contributed by atoms with van der Waals surface area (Å²) in [5.74, 6) is -1.88. The van der Waals surface area contributed by atoms with Crippen LogP contribution in [0.25, 0.3) is 6.08 Å². The number of Topliss-reactive ketones (excluding diaryl/α,β-unsaturated/α-hetero) is 1. The molecule has 2 aliphatic heterocycles. The van der Waals surface area contributed by atoms with E-state index >= 15 is 0 Å². The standard InChI is InChI=1S/C29H31NO8/c1-17-6-5-9-20(31)8-4-2-3-7-19-14-23-27(28(34)26(19)29(35)37-17)22(15-25(33)38-23)18-10-12-21(13-11-18)36-16-24(30)32/h3,7,10-14,17,22,34H,2,4-6,8-9,15-16H2,1H3,(H2,30,32)/t17-,22-/m1/s1. The summed E-state index contributed by atoms with van der Waals surface area (Å²) < 4.78 is 16.4. The number of rotatable bonds is 4. The van der Waals surface area contributed by atoms with Gasteiger partial charge in [-0.15, -0.1) is 0 Å². The molecule has 4 rings (SSSR count). The Morgan fingerprint density at radius 3 is 2.61 bits per heavy atom. The Kier molecular flexibility index (Phi) is 8.45. The van der Waals surface area contributed by atoms with Gasteiger partial charge in [-0.2, -0.15) is 0 Å². The zero-order valence-corrected chi connectivity index (χ0v) is 21.2. The van der Waals surface area contributed by atoms with Gasteiger partial charge in [0.25, 0.3) is 5.91 Å². The molecule has 2 atom stereocenters. The first-order valence-corrected chi connectivity index (χ1v) is 12.7. The topological polar surface area (TPSA) is 142 Å². The summed E-state index contributed by atoms with van der Waals surface area (Å²) in [4.78, 5) is 48.9. The van der Waals surface area contributed by atoms with E-state index in [1.807, 2.05) is 6.08 Å². The molecule has 0 saturated heterocycles. The number of primary amides is 1. The number of carbonyl (C=O) groups is 4. The zero-order valence-electron chi connectivity index (χ0n) is 21.2. The van der Waals surface area contributed by atoms with Gasteiger partial charge in [0.2, 0.25) is 0 Å². The molecule has 38 heavy (non-hydrogen) atoms. The Bertz CT molecular complexity index is 1260. The predicted octanol–water partition coefficient (Wildman–Crippen LogP) is 4.18. The maximum Gasteiger partial charge on any atom is 0.342 e. The second-order valence-corrected chi connectivity index (χ2v) is 9.60. The first kappa shape index (κ1) is 26.9. The van der Waals surface area contributed by atoms with Crippen LogP contribution in [0.1, 0.15) is 84.8 Å². The van der Waals surface area contributed by atoms with Gasteiger partial charge in [-0.1, -0.05) is 24.3 Å². The molecule has 0 fully saturated rings. The molecular formula is C29H31NO8. The van der Waals surface area contributed by atoms with Gasteiger partial charge in [0, 0.05) is 24.3 Å². The molecule has 2 aromatic rings. The minimum Gasteiger partial charge on any atom is -0.507 e. The van der Waals surface area contributed by atoms with Crippen LogP contribution in [-0.2, 0) is 19.1 Å². The van der Waals surface area contributed by atoms with Crippen molar-refractivity contribution in [1.29, 1.82) is 0 Å². The van der Waals surface area contributed by atoms with Crippen LogP contribution in [-0.4, -0.2) is 41.4 Å². The molecular weight excluding hydrogens is 490 g/mol. The maximum absolute atomic E-state index is 13.3. The number of ketones is 1. The van der Waals surface area contributed by atoms with Crippen molar-refractivity contribution in [1.82, 2.24) is 0 Å². The van der Waals surface area contributed by atoms with E-state index in [1.54, 1.807) is 43.3 Å². The number of aromatic hydroxyl groups is 1. The summed E-state index contributed by atoms with van der Waals surface area (Å²) in [6, 6.07) is 8.28. The number of nitrogens with two attached hydrogens (primary N) is 1. The summed E-state index contributed by atoms with van der Waals surface area (Å²) in [5, 5.41) is 11.4. The van der Waals surface area contributed by atoms with E-state index in [0.717, 1.165) is 0 Å². The van der Waals surface area contributed by atoms with Crippen molar-refractivity contribution in [3.8, 4) is 17.2 Å². The van der Waals surface area contributed by atoms with Crippen molar-refractivity contribution < 1.29 is 38.5 Å². The molecule has 9 heteroatoms. The van der Waals surface area contributed by atoms with Gasteiger partial charge < -0.3 is 25.1 Å². The van der Waals surface area contributed by atoms with Crippen LogP contribution in [0.5, 0.6) is 17.2 Å². The summed E-state index contributed by atoms with van der Waals surface area (Å²) in [5.41, 5.74) is 6.50. The fourth-order valence-corrected chi connectivity index (χ4v) is 4.75. The molecule has 0 spiro atoms. The van der Waals surface area contributed by atoms with Gasteiger partial charge in [-0.25, -0.2) is 4.79 Å². The number of hydrogen-bond acceptors (Lipinski definition) is 8. The number of allylic oxidation sites excluding steroid dienone is 1. The molecule has 2 aliphatic rings. The lowest BCUT2D eigenvalue weighted by atomic mass is 9.83. The van der Waals surface area contributed by atoms with Crippen LogP contribution in [0.2, 0.25) is 0 Å². The number of phenols is 1. The highest BCUT2D eigenvalue weighted by molar-refractivity contribution is 5.98. The van der Waals surface area contributed by atoms with Crippen molar-refractivity contribution in [2.75, 3.05) is 6.61 Å². The molecule has 0 radical (unpaired) electrons. The Balaban J connectivity index is 1.74. The number of carbonyl (C=O) groups excluding carboxylic acids is 4. The summed E-state index contributed by atoms with van der Waals surface area (Å²) in [7, 11) is 0. The first-order chi connectivity index (χ1) is 18.2. The van der Waals surface area contributed by atoms with Gasteiger partial charge in [0.05, 0.1) is 12.5 Å². The molecule has 0 unspecified atom stereocenters. The number of hydrogen-bond donors (Lipinski definition) is 2. The smallest absolute Gasteiger partial charge is 0.342 e. The van der Waals surface area contributed by atoms with E-state index in [1.165, 1.54) is 0 Å². The molecule has 1 amide bonds. The van der Waals surface area contributed by atoms with Gasteiger partial charge in [-0.05, 0) is 61.9 Å². The SMILES string of the molecule is C[C@@H]1CCCC(=O)CCCC=Cc2cc3c(c(O)c2C(=O)O1)[C@@H](c1ccc(OCC(N)=O)cc1)CC(=O)O3. The van der Waals surface area contributed by atoms with E-state index in [9.17, 15) is 24.3 Å². The van der Waals surface area contributed by atoms with Crippen molar-refractivity contribution >= 4 is 29.7 Å². The minimum atomic E-state index is -0.688. The molecule has 0 bridgehead atoms. The lowest BCUT2D eigenvalue weighted by Gasteiger charge is -2.28. The highest BCUT2D eigenvalue weighted by Crippen LogP contribution is 2.47. The van der Waals surface area contributed by atoms with Crippen molar-refractivity contribution in [3.05, 3.63) is 58.7 Å². The molecule has 2 heterocycles. The Morgan fingerprint density at radius 1 is 1.13 bits per heavy atom. The van der Waals surface area contributed by atoms with Gasteiger partial charge >= 0.3 is 11.9 Å². The summed E-state index contributed by atoms with van der Waals surface area (Å²) in [6.45, 7) is 1.49. The minimum absolute atomic E-state index is 0.00402. The average molecular weight is 522 g/mol. The van der Waals surface area contributed by atoms with E-state index in [0.29, 0.717) is 61.0 Å². The Hall–Kier alpha value is -4.14. The van der Waals surface area contributed by atoms with Gasteiger partial charge in [0.1, 0.15) is 28.6 Å². The molecule has 2 aromatic carbocycles. The highest BCUT2D eigenvalue weighted by atomic mass is 16.5. The van der Waals surface area contributed by atoms with E-state index in [4.69, 9.17) is 19.9 Å². The molecule has 200 valence electrons. The van der Waals surface area contributed by atoms with E-state index in [2.05, 4.69) is 0 Å². The fraction of sp³-hybridized carbons (Fsp3) is 0.379. The second-order valence-electron chi connectivity index (χ2n) is 9.60. The number of fused-ring (bicyclic) bond motifs is 2. The van der Waals surface area contributed by atoms with Crippen LogP contribution in [0, 0.1) is 0 Å². The van der Waals surface area contributed by atoms with Crippen LogP contribution in [0.3, 0.4) is 0 Å². The number of amides is 1. The van der Waals surface area contributed by atoms with Gasteiger partial charge in [-0.3, -0.25) is 14.4 Å². The van der Waals surface area contributed by atoms with Crippen molar-refractivity contribution in [2.24, 2.45) is 5.73 Å². The van der Waals surface area contributed by atoms with Crippen molar-refractivity contribution in [2.45, 2.75) is 63.9 Å². The van der Waals surface area contributed by atoms with Crippen LogP contribution >= 0.6 is 0 Å². The quantitative estimate of drug-likeness (QED) is 0.451. The normalized spacial score (nSPS) is 20.4. The zero-order chi connectivity index (χ0) is 27.2. The molecule has 3 N–H and O–H groups in total. The summed E-state index contributed by atoms with van der Waals surface area (Å²) in [6.07, 6.45) is 6.36. The lowest BCUT2D eigenvalue weighted by Crippen LogP contribution is -2.23. The number of benzene rings is 2. The third-order valence-electron chi connectivity index (χ3n) is 6.64. The van der Waals surface area contributed by atoms with E-state index < -0.39 is 29.9 Å². The number of esters is 2. The van der Waals surface area contributed by atoms with Crippen molar-refractivity contribution in [3.63, 3.8) is 0 Å². The summed E-state index contributed by atoms with van der Waals surface area (Å²) >= 11 is 0. The number of ether oxygens (including phenoxy) is 3. The van der Waals surface area contributed by atoms with Crippen LogP contribution in [0.15, 0.2) is 36.4 Å². The number of phenolic OH excluding ortho intramolecular Hbond substituents is 1. The maximum atomic E-state index is 13.3. The first-order valence-electron chi connectivity index (χ1n) is 12.7. The monoisotopic (exact) mass is 521 g/mol. The van der Waals surface area contributed by atoms with Gasteiger partial charge in [0.15, 0.2) is 6.61 Å². The Labute approximate surface area is 220 Å². The lowest BCUT2D eigenvalue weighted by molar-refractivity contribution is -0.135. The average Bonchev–Trinajstić information content (AvgIpc) is 2.86. The molecule has 0 aromatic heterocycles. The number of cyclic esters (lactones) is 1. The largest absolute Gasteiger partial charge is 0.507 e. The highest BCUT2D eigenvalue weighted by Gasteiger charge is 2.35. The van der Waals surface area contributed by atoms with E-state index in [-0.39, 0.29) is 35.9 Å². The van der Waals surface area contributed by atoms with Crippen LogP contribution in [0.4, 0.5) is 0 Å². The molecule has 9 nitrogen and oxygen atoms in total. The van der Waals surface area contributed by atoms with Crippen LogP contribution < -0.4 is 15.2 Å². The fourth-order valence-electron chi connectivity index (χ4n) is 4.75. The second kappa shape index (κ2) is 11.9. The third-order valence-corrected chi connectivity index (χ3v) is 6.64. The molecule has 0 aliphatic carbocycles. The Morgan fingerprint density at radius 2 is 1.87 bits per heavy atom. The molecule has 0 saturated carbocycles. The predicted molar refractivity (Wildman–Crippen MR) is 138 cm³/mol.